The van der Waals surface area contributed by atoms with Crippen LogP contribution >= 0.6 is 0 Å². The Morgan fingerprint density at radius 2 is 1.89 bits per heavy atom. The second-order valence-corrected chi connectivity index (χ2v) is 4.83. The molecule has 2 rings (SSSR count). The van der Waals surface area contributed by atoms with E-state index in [1.165, 1.54) is 0 Å². The molecule has 2 aromatic rings. The average Bonchev–Trinajstić information content (AvgIpc) is 2.76. The average molecular weight is 259 g/mol. The number of hydrogen-bond donors (Lipinski definition) is 1. The molecule has 4 nitrogen and oxygen atoms in total. The van der Waals surface area contributed by atoms with Gasteiger partial charge in [-0.3, -0.25) is 0 Å². The lowest BCUT2D eigenvalue weighted by atomic mass is 10.1. The molecule has 0 bridgehead atoms. The van der Waals surface area contributed by atoms with Crippen LogP contribution in [0.1, 0.15) is 32.5 Å². The number of nitrogens with two attached hydrogens (primary N) is 1. The van der Waals surface area contributed by atoms with Crippen molar-refractivity contribution in [3.63, 3.8) is 0 Å². The molecule has 0 aliphatic carbocycles. The van der Waals surface area contributed by atoms with Crippen LogP contribution < -0.4 is 10.5 Å². The zero-order valence-electron chi connectivity index (χ0n) is 12.0. The van der Waals surface area contributed by atoms with Gasteiger partial charge in [0.2, 0.25) is 0 Å². The van der Waals surface area contributed by atoms with Gasteiger partial charge in [0.1, 0.15) is 23.1 Å². The van der Waals surface area contributed by atoms with E-state index in [4.69, 9.17) is 15.5 Å². The molecule has 1 heterocycles. The lowest BCUT2D eigenvalue weighted by Gasteiger charge is -2.08. The molecule has 0 radical (unpaired) electrons. The number of hydrogen-bond acceptors (Lipinski definition) is 3. The van der Waals surface area contributed by atoms with Crippen LogP contribution in [0.15, 0.2) is 24.3 Å². The Morgan fingerprint density at radius 1 is 1.26 bits per heavy atom. The van der Waals surface area contributed by atoms with E-state index in [1.54, 1.807) is 7.11 Å². The molecular formula is C15H21N3O. The van der Waals surface area contributed by atoms with Crippen molar-refractivity contribution < 1.29 is 4.74 Å². The number of methoxy groups -OCH3 is 1. The zero-order chi connectivity index (χ0) is 14.0. The quantitative estimate of drug-likeness (QED) is 0.916. The second-order valence-electron chi connectivity index (χ2n) is 4.83. The lowest BCUT2D eigenvalue weighted by molar-refractivity contribution is 0.415. The van der Waals surface area contributed by atoms with E-state index in [0.29, 0.717) is 5.92 Å². The molecular weight excluding hydrogens is 238 g/mol. The lowest BCUT2D eigenvalue weighted by Crippen LogP contribution is -2.06. The predicted octanol–water partition coefficient (Wildman–Crippen LogP) is 3.28. The van der Waals surface area contributed by atoms with Crippen molar-refractivity contribution in [2.75, 3.05) is 12.8 Å². The molecule has 2 N–H and O–H groups in total. The van der Waals surface area contributed by atoms with Gasteiger partial charge in [-0.25, -0.2) is 4.98 Å². The summed E-state index contributed by atoms with van der Waals surface area (Å²) < 4.78 is 7.24. The molecule has 0 atom stereocenters. The molecule has 0 unspecified atom stereocenters. The summed E-state index contributed by atoms with van der Waals surface area (Å²) in [5.74, 6) is 2.96. The van der Waals surface area contributed by atoms with Gasteiger partial charge in [0, 0.05) is 18.0 Å². The fourth-order valence-corrected chi connectivity index (χ4v) is 2.22. The van der Waals surface area contributed by atoms with Crippen LogP contribution in [0, 0.1) is 0 Å². The Kier molecular flexibility index (Phi) is 3.79. The van der Waals surface area contributed by atoms with E-state index in [0.717, 1.165) is 35.2 Å². The third-order valence-electron chi connectivity index (χ3n) is 3.23. The number of nitrogens with zero attached hydrogens (tertiary/aromatic N) is 2. The fraction of sp³-hybridized carbons (Fsp3) is 0.400. The molecule has 0 aliphatic heterocycles. The monoisotopic (exact) mass is 259 g/mol. The van der Waals surface area contributed by atoms with Gasteiger partial charge in [-0.1, -0.05) is 13.8 Å². The molecule has 0 spiro atoms. The van der Waals surface area contributed by atoms with E-state index in [1.807, 2.05) is 24.3 Å². The fourth-order valence-electron chi connectivity index (χ4n) is 2.22. The van der Waals surface area contributed by atoms with Gasteiger partial charge >= 0.3 is 0 Å². The summed E-state index contributed by atoms with van der Waals surface area (Å²) in [7, 11) is 1.66. The summed E-state index contributed by atoms with van der Waals surface area (Å²) in [5, 5.41) is 0. The maximum atomic E-state index is 6.22. The summed E-state index contributed by atoms with van der Waals surface area (Å²) in [5.41, 5.74) is 8.10. The standard InChI is InChI=1S/C15H21N3O/c1-5-18-14(16)13(17-15(18)10(2)3)11-6-8-12(19-4)9-7-11/h6-10H,5,16H2,1-4H3. The number of aromatic nitrogens is 2. The SMILES string of the molecule is CCn1c(C(C)C)nc(-c2ccc(OC)cc2)c1N. The van der Waals surface area contributed by atoms with Crippen molar-refractivity contribution in [1.82, 2.24) is 9.55 Å². The summed E-state index contributed by atoms with van der Waals surface area (Å²) in [6.45, 7) is 7.18. The molecule has 0 saturated heterocycles. The van der Waals surface area contributed by atoms with Crippen LogP contribution in [0.25, 0.3) is 11.3 Å². The first-order valence-electron chi connectivity index (χ1n) is 6.58. The van der Waals surface area contributed by atoms with Crippen LogP contribution in [-0.2, 0) is 6.54 Å². The Labute approximate surface area is 114 Å². The van der Waals surface area contributed by atoms with E-state index in [9.17, 15) is 0 Å². The highest BCUT2D eigenvalue weighted by Gasteiger charge is 2.17. The molecule has 1 aromatic carbocycles. The van der Waals surface area contributed by atoms with Gasteiger partial charge in [0.25, 0.3) is 0 Å². The second kappa shape index (κ2) is 5.34. The van der Waals surface area contributed by atoms with Gasteiger partial charge in [0.15, 0.2) is 0 Å². The summed E-state index contributed by atoms with van der Waals surface area (Å²) in [6, 6.07) is 7.83. The Bertz CT molecular complexity index is 556. The van der Waals surface area contributed by atoms with Crippen LogP contribution in [-0.4, -0.2) is 16.7 Å². The van der Waals surface area contributed by atoms with Crippen LogP contribution in [0.2, 0.25) is 0 Å². The highest BCUT2D eigenvalue weighted by Crippen LogP contribution is 2.30. The molecule has 102 valence electrons. The van der Waals surface area contributed by atoms with Gasteiger partial charge in [-0.15, -0.1) is 0 Å². The van der Waals surface area contributed by atoms with Crippen LogP contribution in [0.5, 0.6) is 5.75 Å². The van der Waals surface area contributed by atoms with E-state index < -0.39 is 0 Å². The van der Waals surface area contributed by atoms with Gasteiger partial charge < -0.3 is 15.0 Å². The maximum Gasteiger partial charge on any atom is 0.131 e. The van der Waals surface area contributed by atoms with Crippen molar-refractivity contribution in [3.05, 3.63) is 30.1 Å². The highest BCUT2D eigenvalue weighted by molar-refractivity contribution is 5.71. The zero-order valence-corrected chi connectivity index (χ0v) is 12.0. The summed E-state index contributed by atoms with van der Waals surface area (Å²) in [4.78, 5) is 4.70. The minimum atomic E-state index is 0.356. The van der Waals surface area contributed by atoms with E-state index in [-0.39, 0.29) is 0 Å². The Morgan fingerprint density at radius 3 is 2.32 bits per heavy atom. The summed E-state index contributed by atoms with van der Waals surface area (Å²) in [6.07, 6.45) is 0. The Balaban J connectivity index is 2.49. The number of nitrogen functional groups attached to an aromatic ring is 1. The molecule has 0 fully saturated rings. The third-order valence-corrected chi connectivity index (χ3v) is 3.23. The molecule has 1 aromatic heterocycles. The third kappa shape index (κ3) is 2.43. The first-order valence-corrected chi connectivity index (χ1v) is 6.58. The van der Waals surface area contributed by atoms with Crippen molar-refractivity contribution in [3.8, 4) is 17.0 Å². The first kappa shape index (κ1) is 13.5. The first-order chi connectivity index (χ1) is 9.08. The largest absolute Gasteiger partial charge is 0.497 e. The normalized spacial score (nSPS) is 11.0. The minimum absolute atomic E-state index is 0.356. The number of rotatable bonds is 4. The highest BCUT2D eigenvalue weighted by atomic mass is 16.5. The molecule has 0 saturated carbocycles. The van der Waals surface area contributed by atoms with Gasteiger partial charge in [-0.2, -0.15) is 0 Å². The molecule has 19 heavy (non-hydrogen) atoms. The number of ether oxygens (including phenoxy) is 1. The van der Waals surface area contributed by atoms with Crippen LogP contribution in [0.4, 0.5) is 5.82 Å². The maximum absolute atomic E-state index is 6.22. The van der Waals surface area contributed by atoms with Crippen molar-refractivity contribution in [1.29, 1.82) is 0 Å². The summed E-state index contributed by atoms with van der Waals surface area (Å²) >= 11 is 0. The van der Waals surface area contributed by atoms with Crippen molar-refractivity contribution >= 4 is 5.82 Å². The predicted molar refractivity (Wildman–Crippen MR) is 78.4 cm³/mol. The minimum Gasteiger partial charge on any atom is -0.497 e. The van der Waals surface area contributed by atoms with E-state index >= 15 is 0 Å². The van der Waals surface area contributed by atoms with Gasteiger partial charge in [0.05, 0.1) is 7.11 Å². The topological polar surface area (TPSA) is 53.1 Å². The van der Waals surface area contributed by atoms with Gasteiger partial charge in [-0.05, 0) is 31.2 Å². The molecule has 0 amide bonds. The molecule has 0 aliphatic rings. The molecule has 4 heteroatoms. The van der Waals surface area contributed by atoms with Crippen LogP contribution in [0.3, 0.4) is 0 Å². The van der Waals surface area contributed by atoms with Crippen molar-refractivity contribution in [2.45, 2.75) is 33.2 Å². The van der Waals surface area contributed by atoms with Crippen molar-refractivity contribution in [2.24, 2.45) is 0 Å². The smallest absolute Gasteiger partial charge is 0.131 e. The number of anilines is 1. The van der Waals surface area contributed by atoms with E-state index in [2.05, 4.69) is 25.3 Å². The number of benzene rings is 1. The number of imidazole rings is 1. The Hall–Kier alpha value is -1.97.